The van der Waals surface area contributed by atoms with E-state index in [2.05, 4.69) is 25.8 Å². The maximum absolute atomic E-state index is 12.8. The number of thiazole rings is 1. The molecule has 1 aromatic heterocycles. The number of Topliss-reactive ketones (excluding diaryl/α,β-unsaturated/α-hetero) is 1. The van der Waals surface area contributed by atoms with Crippen LogP contribution in [0.5, 0.6) is 0 Å². The molecule has 100 valence electrons. The van der Waals surface area contributed by atoms with Gasteiger partial charge < -0.3 is 0 Å². The maximum Gasteiger partial charge on any atom is 0.169 e. The van der Waals surface area contributed by atoms with Crippen molar-refractivity contribution in [1.82, 2.24) is 4.98 Å². The Labute approximate surface area is 116 Å². The molecular weight excluding hydrogens is 261 g/mol. The third kappa shape index (κ3) is 3.47. The first-order valence-electron chi connectivity index (χ1n) is 6.10. The molecule has 0 aliphatic heterocycles. The van der Waals surface area contributed by atoms with Gasteiger partial charge in [-0.15, -0.1) is 11.3 Å². The number of rotatable bonds is 3. The largest absolute Gasteiger partial charge is 0.294 e. The second kappa shape index (κ2) is 5.21. The zero-order valence-corrected chi connectivity index (χ0v) is 12.1. The second-order valence-electron chi connectivity index (χ2n) is 5.48. The van der Waals surface area contributed by atoms with E-state index >= 15 is 0 Å². The topological polar surface area (TPSA) is 30.0 Å². The van der Waals surface area contributed by atoms with Crippen LogP contribution in [-0.4, -0.2) is 10.8 Å². The van der Waals surface area contributed by atoms with Gasteiger partial charge in [0.1, 0.15) is 10.8 Å². The summed E-state index contributed by atoms with van der Waals surface area (Å²) in [6, 6.07) is 5.62. The Morgan fingerprint density at radius 1 is 1.26 bits per heavy atom. The van der Waals surface area contributed by atoms with E-state index in [9.17, 15) is 9.18 Å². The van der Waals surface area contributed by atoms with Crippen molar-refractivity contribution in [2.75, 3.05) is 0 Å². The molecule has 4 heteroatoms. The summed E-state index contributed by atoms with van der Waals surface area (Å²) in [6.45, 7) is 6.27. The molecule has 0 bridgehead atoms. The van der Waals surface area contributed by atoms with Crippen molar-refractivity contribution < 1.29 is 9.18 Å². The van der Waals surface area contributed by atoms with Gasteiger partial charge in [0.25, 0.3) is 0 Å². The van der Waals surface area contributed by atoms with Crippen LogP contribution < -0.4 is 0 Å². The molecule has 1 aromatic carbocycles. The predicted octanol–water partition coefficient (Wildman–Crippen LogP) is 4.01. The van der Waals surface area contributed by atoms with Crippen molar-refractivity contribution in [3.63, 3.8) is 0 Å². The average Bonchev–Trinajstić information content (AvgIpc) is 2.78. The van der Waals surface area contributed by atoms with E-state index in [-0.39, 0.29) is 23.4 Å². The molecule has 0 atom stereocenters. The van der Waals surface area contributed by atoms with E-state index in [1.54, 1.807) is 0 Å². The summed E-state index contributed by atoms with van der Waals surface area (Å²) in [7, 11) is 0. The number of ketones is 1. The van der Waals surface area contributed by atoms with E-state index in [4.69, 9.17) is 0 Å². The van der Waals surface area contributed by atoms with Gasteiger partial charge in [0.05, 0.1) is 12.1 Å². The molecule has 0 aliphatic rings. The molecule has 0 fully saturated rings. The van der Waals surface area contributed by atoms with Crippen molar-refractivity contribution >= 4 is 17.1 Å². The first kappa shape index (κ1) is 13.9. The molecule has 0 saturated carbocycles. The Balaban J connectivity index is 2.11. The normalized spacial score (nSPS) is 11.6. The SMILES string of the molecule is CC(C)(C)c1csc(CC(=O)c2ccc(F)cc2)n1. The Morgan fingerprint density at radius 2 is 1.89 bits per heavy atom. The third-order valence-corrected chi connectivity index (χ3v) is 3.65. The van der Waals surface area contributed by atoms with Gasteiger partial charge in [-0.1, -0.05) is 20.8 Å². The monoisotopic (exact) mass is 277 g/mol. The highest BCUT2D eigenvalue weighted by molar-refractivity contribution is 7.09. The van der Waals surface area contributed by atoms with Gasteiger partial charge in [0.15, 0.2) is 5.78 Å². The highest BCUT2D eigenvalue weighted by Gasteiger charge is 2.18. The summed E-state index contributed by atoms with van der Waals surface area (Å²) in [6.07, 6.45) is 0.270. The van der Waals surface area contributed by atoms with Gasteiger partial charge in [0.2, 0.25) is 0 Å². The van der Waals surface area contributed by atoms with Crippen LogP contribution >= 0.6 is 11.3 Å². The Bertz CT molecular complexity index is 581. The fourth-order valence-corrected chi connectivity index (χ4v) is 2.63. The van der Waals surface area contributed by atoms with Crippen LogP contribution in [0.2, 0.25) is 0 Å². The highest BCUT2D eigenvalue weighted by atomic mass is 32.1. The molecule has 2 nitrogen and oxygen atoms in total. The first-order valence-corrected chi connectivity index (χ1v) is 6.98. The molecule has 0 N–H and O–H groups in total. The fourth-order valence-electron chi connectivity index (χ4n) is 1.61. The molecule has 0 unspecified atom stereocenters. The number of carbonyl (C=O) groups is 1. The molecule has 0 amide bonds. The van der Waals surface area contributed by atoms with Crippen LogP contribution in [0.3, 0.4) is 0 Å². The molecule has 0 aliphatic carbocycles. The van der Waals surface area contributed by atoms with Crippen LogP contribution in [0.15, 0.2) is 29.6 Å². The number of halogens is 1. The lowest BCUT2D eigenvalue weighted by Crippen LogP contribution is -2.12. The summed E-state index contributed by atoms with van der Waals surface area (Å²) in [5, 5.41) is 2.80. The van der Waals surface area contributed by atoms with Crippen LogP contribution in [0.1, 0.15) is 41.8 Å². The predicted molar refractivity (Wildman–Crippen MR) is 75.2 cm³/mol. The maximum atomic E-state index is 12.8. The Kier molecular flexibility index (Phi) is 3.80. The van der Waals surface area contributed by atoms with Gasteiger partial charge in [-0.25, -0.2) is 9.37 Å². The van der Waals surface area contributed by atoms with E-state index in [1.807, 2.05) is 5.38 Å². The lowest BCUT2D eigenvalue weighted by Gasteiger charge is -2.14. The summed E-state index contributed by atoms with van der Waals surface area (Å²) >= 11 is 1.50. The van der Waals surface area contributed by atoms with Crippen LogP contribution in [0.25, 0.3) is 0 Å². The fraction of sp³-hybridized carbons (Fsp3) is 0.333. The van der Waals surface area contributed by atoms with Crippen LogP contribution in [0.4, 0.5) is 4.39 Å². The van der Waals surface area contributed by atoms with E-state index < -0.39 is 0 Å². The minimum atomic E-state index is -0.333. The molecular formula is C15H16FNOS. The van der Waals surface area contributed by atoms with Crippen LogP contribution in [0, 0.1) is 5.82 Å². The third-order valence-electron chi connectivity index (χ3n) is 2.80. The molecule has 0 spiro atoms. The van der Waals surface area contributed by atoms with E-state index in [1.165, 1.54) is 35.6 Å². The number of nitrogens with zero attached hydrogens (tertiary/aromatic N) is 1. The first-order chi connectivity index (χ1) is 8.86. The lowest BCUT2D eigenvalue weighted by atomic mass is 9.93. The minimum absolute atomic E-state index is 0.00628. The van der Waals surface area contributed by atoms with Gasteiger partial charge in [0, 0.05) is 16.4 Å². The van der Waals surface area contributed by atoms with Crippen molar-refractivity contribution in [3.05, 3.63) is 51.7 Å². The number of hydrogen-bond donors (Lipinski definition) is 0. The summed E-state index contributed by atoms with van der Waals surface area (Å²) in [4.78, 5) is 16.5. The van der Waals surface area contributed by atoms with Crippen molar-refractivity contribution in [3.8, 4) is 0 Å². The second-order valence-corrected chi connectivity index (χ2v) is 6.43. The van der Waals surface area contributed by atoms with Crippen molar-refractivity contribution in [2.45, 2.75) is 32.6 Å². The van der Waals surface area contributed by atoms with Crippen molar-refractivity contribution in [2.24, 2.45) is 0 Å². The minimum Gasteiger partial charge on any atom is -0.294 e. The average molecular weight is 277 g/mol. The van der Waals surface area contributed by atoms with Gasteiger partial charge >= 0.3 is 0 Å². The standard InChI is InChI=1S/C15H16FNOS/c1-15(2,3)13-9-19-14(17-13)8-12(18)10-4-6-11(16)7-5-10/h4-7,9H,8H2,1-3H3. The molecule has 19 heavy (non-hydrogen) atoms. The quantitative estimate of drug-likeness (QED) is 0.794. The zero-order valence-electron chi connectivity index (χ0n) is 11.2. The van der Waals surface area contributed by atoms with Crippen molar-refractivity contribution in [1.29, 1.82) is 0 Å². The Hall–Kier alpha value is -1.55. The molecule has 1 heterocycles. The highest BCUT2D eigenvalue weighted by Crippen LogP contribution is 2.24. The molecule has 2 rings (SSSR count). The van der Waals surface area contributed by atoms with Crippen LogP contribution in [-0.2, 0) is 11.8 Å². The number of benzene rings is 1. The summed E-state index contributed by atoms with van der Waals surface area (Å²) in [5.74, 6) is -0.365. The molecule has 0 radical (unpaired) electrons. The van der Waals surface area contributed by atoms with E-state index in [0.717, 1.165) is 10.7 Å². The van der Waals surface area contributed by atoms with Gasteiger partial charge in [-0.3, -0.25) is 4.79 Å². The zero-order chi connectivity index (χ0) is 14.0. The number of carbonyl (C=O) groups excluding carboxylic acids is 1. The lowest BCUT2D eigenvalue weighted by molar-refractivity contribution is 0.0993. The Morgan fingerprint density at radius 3 is 2.42 bits per heavy atom. The molecule has 0 saturated heterocycles. The number of aromatic nitrogens is 1. The molecule has 2 aromatic rings. The van der Waals surface area contributed by atoms with E-state index in [0.29, 0.717) is 5.56 Å². The van der Waals surface area contributed by atoms with Gasteiger partial charge in [-0.05, 0) is 24.3 Å². The van der Waals surface area contributed by atoms with Gasteiger partial charge in [-0.2, -0.15) is 0 Å². The number of hydrogen-bond acceptors (Lipinski definition) is 3. The summed E-state index contributed by atoms with van der Waals surface area (Å²) < 4.78 is 12.8. The summed E-state index contributed by atoms with van der Waals surface area (Å²) in [5.41, 5.74) is 1.52. The smallest absolute Gasteiger partial charge is 0.169 e.